The molecule has 1 aromatic carbocycles. The Morgan fingerprint density at radius 3 is 2.62 bits per heavy atom. The Morgan fingerprint density at radius 1 is 1.31 bits per heavy atom. The Kier molecular flexibility index (Phi) is 6.11. The second-order valence-corrected chi connectivity index (χ2v) is 4.96. The van der Waals surface area contributed by atoms with Gasteiger partial charge in [0.2, 0.25) is 0 Å². The fourth-order valence-electron chi connectivity index (χ4n) is 1.21. The van der Waals surface area contributed by atoms with Gasteiger partial charge in [-0.25, -0.2) is 0 Å². The molecule has 0 saturated carbocycles. The van der Waals surface area contributed by atoms with Crippen LogP contribution in [0.25, 0.3) is 0 Å². The lowest BCUT2D eigenvalue weighted by Gasteiger charge is -2.11. The Morgan fingerprint density at radius 2 is 2.00 bits per heavy atom. The van der Waals surface area contributed by atoms with Gasteiger partial charge in [-0.3, -0.25) is 0 Å². The number of hydrogen-bond donors (Lipinski definition) is 1. The molecule has 0 aromatic heterocycles. The van der Waals surface area contributed by atoms with Crippen LogP contribution in [0.4, 0.5) is 0 Å². The van der Waals surface area contributed by atoms with E-state index < -0.39 is 0 Å². The van der Waals surface area contributed by atoms with E-state index >= 15 is 0 Å². The van der Waals surface area contributed by atoms with Crippen LogP contribution in [0, 0.1) is 0 Å². The van der Waals surface area contributed by atoms with E-state index in [9.17, 15) is 0 Å². The average Bonchev–Trinajstić information content (AvgIpc) is 2.34. The summed E-state index contributed by atoms with van der Waals surface area (Å²) in [5, 5.41) is 0.487. The van der Waals surface area contributed by atoms with Crippen molar-refractivity contribution in [2.24, 2.45) is 5.73 Å². The molecule has 0 radical (unpaired) electrons. The molecule has 1 atom stereocenters. The van der Waals surface area contributed by atoms with Crippen molar-refractivity contribution in [1.82, 2.24) is 0 Å². The largest absolute Gasteiger partial charge is 0.493 e. The molecule has 0 fully saturated rings. The standard InChI is InChI=1S/C12H19NO2S/c1-10(9-13)16-8-7-15-12-6-4-3-5-11(12)14-2/h3-6,10H,7-9,13H2,1-2H3. The van der Waals surface area contributed by atoms with Gasteiger partial charge in [0.15, 0.2) is 11.5 Å². The molecule has 0 aliphatic heterocycles. The molecule has 1 aromatic rings. The van der Waals surface area contributed by atoms with E-state index in [1.807, 2.05) is 36.0 Å². The summed E-state index contributed by atoms with van der Waals surface area (Å²) in [6, 6.07) is 7.67. The lowest BCUT2D eigenvalue weighted by atomic mass is 10.3. The number of hydrogen-bond acceptors (Lipinski definition) is 4. The van der Waals surface area contributed by atoms with Crippen LogP contribution < -0.4 is 15.2 Å². The number of para-hydroxylation sites is 2. The normalized spacial score (nSPS) is 12.2. The molecule has 1 unspecified atom stereocenters. The summed E-state index contributed by atoms with van der Waals surface area (Å²) in [6.07, 6.45) is 0. The van der Waals surface area contributed by atoms with Gasteiger partial charge >= 0.3 is 0 Å². The summed E-state index contributed by atoms with van der Waals surface area (Å²) in [4.78, 5) is 0. The molecule has 0 amide bonds. The zero-order valence-electron chi connectivity index (χ0n) is 9.81. The maximum absolute atomic E-state index is 5.64. The number of nitrogens with two attached hydrogens (primary N) is 1. The predicted octanol–water partition coefficient (Wildman–Crippen LogP) is 2.15. The summed E-state index contributed by atoms with van der Waals surface area (Å²) < 4.78 is 10.8. The Hall–Kier alpha value is -0.870. The fourth-order valence-corrected chi connectivity index (χ4v) is 1.93. The van der Waals surface area contributed by atoms with Crippen LogP contribution >= 0.6 is 11.8 Å². The predicted molar refractivity (Wildman–Crippen MR) is 69.5 cm³/mol. The molecule has 16 heavy (non-hydrogen) atoms. The Balaban J connectivity index is 2.31. The molecule has 2 N–H and O–H groups in total. The van der Waals surface area contributed by atoms with Crippen LogP contribution in [-0.4, -0.2) is 31.3 Å². The van der Waals surface area contributed by atoms with Crippen LogP contribution in [0.5, 0.6) is 11.5 Å². The van der Waals surface area contributed by atoms with Crippen molar-refractivity contribution in [2.75, 3.05) is 26.0 Å². The maximum Gasteiger partial charge on any atom is 0.161 e. The smallest absolute Gasteiger partial charge is 0.161 e. The Bertz CT molecular complexity index is 307. The lowest BCUT2D eigenvalue weighted by molar-refractivity contribution is 0.313. The molecule has 0 aliphatic rings. The van der Waals surface area contributed by atoms with Gasteiger partial charge < -0.3 is 15.2 Å². The first kappa shape index (κ1) is 13.2. The second kappa shape index (κ2) is 7.41. The third-order valence-electron chi connectivity index (χ3n) is 2.14. The molecule has 0 aliphatic carbocycles. The highest BCUT2D eigenvalue weighted by atomic mass is 32.2. The van der Waals surface area contributed by atoms with Crippen LogP contribution in [0.2, 0.25) is 0 Å². The van der Waals surface area contributed by atoms with Crippen molar-refractivity contribution in [2.45, 2.75) is 12.2 Å². The summed E-state index contributed by atoms with van der Waals surface area (Å²) in [5.74, 6) is 2.52. The molecule has 0 spiro atoms. The van der Waals surface area contributed by atoms with Crippen molar-refractivity contribution in [1.29, 1.82) is 0 Å². The zero-order chi connectivity index (χ0) is 11.8. The van der Waals surface area contributed by atoms with E-state index in [2.05, 4.69) is 6.92 Å². The van der Waals surface area contributed by atoms with Gasteiger partial charge in [-0.05, 0) is 12.1 Å². The maximum atomic E-state index is 5.64. The first-order chi connectivity index (χ1) is 7.77. The SMILES string of the molecule is COc1ccccc1OCCSC(C)CN. The minimum absolute atomic E-state index is 0.487. The summed E-state index contributed by atoms with van der Waals surface area (Å²) >= 11 is 1.82. The second-order valence-electron chi connectivity index (χ2n) is 3.42. The molecule has 1 rings (SSSR count). The van der Waals surface area contributed by atoms with Crippen molar-refractivity contribution in [3.8, 4) is 11.5 Å². The Labute approximate surface area is 101 Å². The van der Waals surface area contributed by atoms with Gasteiger partial charge in [0.1, 0.15) is 0 Å². The third-order valence-corrected chi connectivity index (χ3v) is 3.31. The van der Waals surface area contributed by atoms with Crippen molar-refractivity contribution in [3.63, 3.8) is 0 Å². The first-order valence-electron chi connectivity index (χ1n) is 5.35. The van der Waals surface area contributed by atoms with Gasteiger partial charge in [0, 0.05) is 17.5 Å². The van der Waals surface area contributed by atoms with Crippen LogP contribution in [0.3, 0.4) is 0 Å². The monoisotopic (exact) mass is 241 g/mol. The zero-order valence-corrected chi connectivity index (χ0v) is 10.6. The highest BCUT2D eigenvalue weighted by Crippen LogP contribution is 2.25. The third kappa shape index (κ3) is 4.33. The van der Waals surface area contributed by atoms with Crippen LogP contribution in [0.1, 0.15) is 6.92 Å². The van der Waals surface area contributed by atoms with Gasteiger partial charge in [-0.15, -0.1) is 0 Å². The van der Waals surface area contributed by atoms with E-state index in [4.69, 9.17) is 15.2 Å². The van der Waals surface area contributed by atoms with Crippen LogP contribution in [-0.2, 0) is 0 Å². The summed E-state index contributed by atoms with van der Waals surface area (Å²) in [6.45, 7) is 3.50. The molecule has 0 heterocycles. The minimum atomic E-state index is 0.487. The quantitative estimate of drug-likeness (QED) is 0.743. The highest BCUT2D eigenvalue weighted by molar-refractivity contribution is 7.99. The van der Waals surface area contributed by atoms with Gasteiger partial charge in [0.25, 0.3) is 0 Å². The van der Waals surface area contributed by atoms with Gasteiger partial charge in [0.05, 0.1) is 13.7 Å². The summed E-state index contributed by atoms with van der Waals surface area (Å²) in [5.41, 5.74) is 5.53. The van der Waals surface area contributed by atoms with Gasteiger partial charge in [-0.1, -0.05) is 19.1 Å². The number of methoxy groups -OCH3 is 1. The van der Waals surface area contributed by atoms with Gasteiger partial charge in [-0.2, -0.15) is 11.8 Å². The number of ether oxygens (including phenoxy) is 2. The average molecular weight is 241 g/mol. The van der Waals surface area contributed by atoms with E-state index in [0.29, 0.717) is 18.4 Å². The molecule has 0 bridgehead atoms. The number of thioether (sulfide) groups is 1. The number of benzene rings is 1. The first-order valence-corrected chi connectivity index (χ1v) is 6.40. The van der Waals surface area contributed by atoms with Crippen molar-refractivity contribution < 1.29 is 9.47 Å². The van der Waals surface area contributed by atoms with E-state index in [0.717, 1.165) is 17.3 Å². The van der Waals surface area contributed by atoms with E-state index in [1.54, 1.807) is 7.11 Å². The molecule has 4 heteroatoms. The molecule has 3 nitrogen and oxygen atoms in total. The van der Waals surface area contributed by atoms with E-state index in [-0.39, 0.29) is 0 Å². The van der Waals surface area contributed by atoms with Crippen molar-refractivity contribution >= 4 is 11.8 Å². The topological polar surface area (TPSA) is 44.5 Å². The highest BCUT2D eigenvalue weighted by Gasteiger charge is 2.03. The number of rotatable bonds is 7. The van der Waals surface area contributed by atoms with Crippen molar-refractivity contribution in [3.05, 3.63) is 24.3 Å². The fraction of sp³-hybridized carbons (Fsp3) is 0.500. The lowest BCUT2D eigenvalue weighted by Crippen LogP contribution is -2.14. The molecule has 0 saturated heterocycles. The summed E-state index contributed by atoms with van der Waals surface area (Å²) in [7, 11) is 1.65. The molecule has 90 valence electrons. The van der Waals surface area contributed by atoms with Crippen LogP contribution in [0.15, 0.2) is 24.3 Å². The molecular formula is C12H19NO2S. The van der Waals surface area contributed by atoms with E-state index in [1.165, 1.54) is 0 Å². The minimum Gasteiger partial charge on any atom is -0.493 e. The molecular weight excluding hydrogens is 222 g/mol.